The molecule has 1 aromatic carbocycles. The van der Waals surface area contributed by atoms with E-state index in [4.69, 9.17) is 15.2 Å². The van der Waals surface area contributed by atoms with E-state index in [2.05, 4.69) is 4.90 Å². The lowest BCUT2D eigenvalue weighted by Gasteiger charge is -2.39. The van der Waals surface area contributed by atoms with E-state index in [0.717, 1.165) is 11.3 Å². The van der Waals surface area contributed by atoms with Gasteiger partial charge < -0.3 is 25.2 Å². The second-order valence-electron chi connectivity index (χ2n) is 5.35. The highest BCUT2D eigenvalue weighted by molar-refractivity contribution is 5.97. The van der Waals surface area contributed by atoms with Crippen molar-refractivity contribution < 1.29 is 19.4 Å². The molecule has 21 heavy (non-hydrogen) atoms. The van der Waals surface area contributed by atoms with E-state index in [-0.39, 0.29) is 18.8 Å². The first-order valence-electron chi connectivity index (χ1n) is 6.95. The number of aliphatic hydroxyl groups excluding tert-OH is 1. The second kappa shape index (κ2) is 6.32. The minimum Gasteiger partial charge on any atom is -0.465 e. The van der Waals surface area contributed by atoms with Crippen molar-refractivity contribution in [2.24, 2.45) is 0 Å². The number of carbonyl (C=O) groups excluding carboxylic acids is 1. The second-order valence-corrected chi connectivity index (χ2v) is 5.35. The molecule has 1 fully saturated rings. The number of rotatable bonds is 3. The van der Waals surface area contributed by atoms with Crippen LogP contribution in [0.25, 0.3) is 0 Å². The van der Waals surface area contributed by atoms with E-state index in [1.54, 1.807) is 6.07 Å². The summed E-state index contributed by atoms with van der Waals surface area (Å²) in [5, 5.41) is 9.28. The molecule has 0 aromatic heterocycles. The van der Waals surface area contributed by atoms with Gasteiger partial charge in [0.05, 0.1) is 32.0 Å². The van der Waals surface area contributed by atoms with Crippen molar-refractivity contribution in [3.05, 3.63) is 23.3 Å². The summed E-state index contributed by atoms with van der Waals surface area (Å²) in [5.41, 5.74) is 8.48. The highest BCUT2D eigenvalue weighted by Gasteiger charge is 2.27. The fourth-order valence-electron chi connectivity index (χ4n) is 2.51. The van der Waals surface area contributed by atoms with Crippen LogP contribution in [0.15, 0.2) is 12.1 Å². The van der Waals surface area contributed by atoms with E-state index in [1.807, 2.05) is 19.9 Å². The lowest BCUT2D eigenvalue weighted by molar-refractivity contribution is -0.0103. The number of aryl methyl sites for hydroxylation is 1. The Balaban J connectivity index is 2.38. The maximum Gasteiger partial charge on any atom is 0.340 e. The number of anilines is 2. The number of hydrogen-bond donors (Lipinski definition) is 2. The van der Waals surface area contributed by atoms with Crippen molar-refractivity contribution in [2.45, 2.75) is 26.0 Å². The molecule has 1 aliphatic rings. The van der Waals surface area contributed by atoms with Gasteiger partial charge >= 0.3 is 5.97 Å². The van der Waals surface area contributed by atoms with Crippen molar-refractivity contribution in [1.29, 1.82) is 0 Å². The van der Waals surface area contributed by atoms with Gasteiger partial charge in [-0.2, -0.15) is 0 Å². The Bertz CT molecular complexity index is 533. The molecular formula is C15H22N2O4. The fraction of sp³-hybridized carbons (Fsp3) is 0.533. The summed E-state index contributed by atoms with van der Waals surface area (Å²) in [7, 11) is 1.34. The Morgan fingerprint density at radius 1 is 1.57 bits per heavy atom. The molecule has 1 aliphatic heterocycles. The summed E-state index contributed by atoms with van der Waals surface area (Å²) >= 11 is 0. The van der Waals surface area contributed by atoms with Crippen LogP contribution in [0, 0.1) is 6.92 Å². The van der Waals surface area contributed by atoms with Crippen LogP contribution in [0.4, 0.5) is 11.4 Å². The smallest absolute Gasteiger partial charge is 0.340 e. The summed E-state index contributed by atoms with van der Waals surface area (Å²) in [4.78, 5) is 14.0. The van der Waals surface area contributed by atoms with Gasteiger partial charge in [-0.15, -0.1) is 0 Å². The first-order valence-corrected chi connectivity index (χ1v) is 6.95. The number of hydrogen-bond acceptors (Lipinski definition) is 6. The number of nitrogen functional groups attached to an aromatic ring is 1. The van der Waals surface area contributed by atoms with Gasteiger partial charge in [0.1, 0.15) is 0 Å². The molecule has 1 heterocycles. The van der Waals surface area contributed by atoms with Crippen LogP contribution < -0.4 is 10.6 Å². The van der Waals surface area contributed by atoms with Crippen molar-refractivity contribution in [1.82, 2.24) is 0 Å². The van der Waals surface area contributed by atoms with Crippen molar-refractivity contribution in [2.75, 3.05) is 37.5 Å². The summed E-state index contributed by atoms with van der Waals surface area (Å²) < 4.78 is 10.3. The number of benzene rings is 1. The zero-order valence-corrected chi connectivity index (χ0v) is 12.6. The Labute approximate surface area is 124 Å². The van der Waals surface area contributed by atoms with E-state index < -0.39 is 5.97 Å². The van der Waals surface area contributed by atoms with E-state index >= 15 is 0 Å². The SMILES string of the molecule is COC(=O)c1cc(N2CC(CO)OCC2C)cc(C)c1N. The third-order valence-corrected chi connectivity index (χ3v) is 3.82. The van der Waals surface area contributed by atoms with E-state index in [1.165, 1.54) is 7.11 Å². The number of nitrogens with two attached hydrogens (primary N) is 1. The normalized spacial score (nSPS) is 22.2. The van der Waals surface area contributed by atoms with Gasteiger partial charge in [0.25, 0.3) is 0 Å². The number of carbonyl (C=O) groups is 1. The van der Waals surface area contributed by atoms with Crippen LogP contribution >= 0.6 is 0 Å². The van der Waals surface area contributed by atoms with Crippen LogP contribution in [0.1, 0.15) is 22.8 Å². The van der Waals surface area contributed by atoms with Gasteiger partial charge in [0.2, 0.25) is 0 Å². The maximum atomic E-state index is 11.8. The van der Waals surface area contributed by atoms with Gasteiger partial charge in [-0.25, -0.2) is 4.79 Å². The fourth-order valence-corrected chi connectivity index (χ4v) is 2.51. The zero-order valence-electron chi connectivity index (χ0n) is 12.6. The largest absolute Gasteiger partial charge is 0.465 e. The minimum atomic E-state index is -0.447. The number of methoxy groups -OCH3 is 1. The lowest BCUT2D eigenvalue weighted by atomic mass is 10.0. The lowest BCUT2D eigenvalue weighted by Crippen LogP contribution is -2.49. The maximum absolute atomic E-state index is 11.8. The number of aliphatic hydroxyl groups is 1. The summed E-state index contributed by atoms with van der Waals surface area (Å²) in [6.45, 7) is 4.97. The molecule has 1 aromatic rings. The molecule has 1 saturated heterocycles. The molecule has 2 unspecified atom stereocenters. The Morgan fingerprint density at radius 3 is 2.90 bits per heavy atom. The molecule has 0 bridgehead atoms. The van der Waals surface area contributed by atoms with E-state index in [9.17, 15) is 9.90 Å². The molecular weight excluding hydrogens is 272 g/mol. The Hall–Kier alpha value is -1.79. The third-order valence-electron chi connectivity index (χ3n) is 3.82. The van der Waals surface area contributed by atoms with Crippen LogP contribution in [-0.4, -0.2) is 50.1 Å². The van der Waals surface area contributed by atoms with Gasteiger partial charge in [0, 0.05) is 24.0 Å². The molecule has 3 N–H and O–H groups in total. The quantitative estimate of drug-likeness (QED) is 0.638. The molecule has 0 saturated carbocycles. The molecule has 116 valence electrons. The Kier molecular flexibility index (Phi) is 4.69. The molecule has 0 radical (unpaired) electrons. The molecule has 6 nitrogen and oxygen atoms in total. The summed E-state index contributed by atoms with van der Waals surface area (Å²) in [5.74, 6) is -0.447. The van der Waals surface area contributed by atoms with Crippen LogP contribution in [0.5, 0.6) is 0 Å². The van der Waals surface area contributed by atoms with Gasteiger partial charge in [-0.3, -0.25) is 0 Å². The predicted octanol–water partition coefficient (Wildman–Crippen LogP) is 0.950. The van der Waals surface area contributed by atoms with Gasteiger partial charge in [-0.05, 0) is 31.5 Å². The Morgan fingerprint density at radius 2 is 2.29 bits per heavy atom. The topological polar surface area (TPSA) is 85.0 Å². The first-order chi connectivity index (χ1) is 9.97. The number of morpholine rings is 1. The van der Waals surface area contributed by atoms with Crippen molar-refractivity contribution in [3.63, 3.8) is 0 Å². The van der Waals surface area contributed by atoms with Gasteiger partial charge in [-0.1, -0.05) is 0 Å². The van der Waals surface area contributed by atoms with Crippen LogP contribution in [0.2, 0.25) is 0 Å². The van der Waals surface area contributed by atoms with Crippen molar-refractivity contribution in [3.8, 4) is 0 Å². The standard InChI is InChI=1S/C15H22N2O4/c1-9-4-11(5-13(14(9)16)15(19)20-3)17-6-12(7-18)21-8-10(17)2/h4-5,10,12,18H,6-8,16H2,1-3H3. The van der Waals surface area contributed by atoms with Crippen LogP contribution in [-0.2, 0) is 9.47 Å². The molecule has 2 rings (SSSR count). The number of esters is 1. The van der Waals surface area contributed by atoms with E-state index in [0.29, 0.717) is 24.4 Å². The average Bonchev–Trinajstić information content (AvgIpc) is 2.49. The molecule has 2 atom stereocenters. The van der Waals surface area contributed by atoms with Crippen LogP contribution in [0.3, 0.4) is 0 Å². The first kappa shape index (κ1) is 15.6. The molecule has 0 spiro atoms. The number of ether oxygens (including phenoxy) is 2. The minimum absolute atomic E-state index is 0.0268. The molecule has 0 amide bonds. The zero-order chi connectivity index (χ0) is 15.6. The average molecular weight is 294 g/mol. The summed E-state index contributed by atoms with van der Waals surface area (Å²) in [6.07, 6.45) is -0.222. The predicted molar refractivity (Wildman–Crippen MR) is 80.6 cm³/mol. The summed E-state index contributed by atoms with van der Waals surface area (Å²) in [6, 6.07) is 3.84. The highest BCUT2D eigenvalue weighted by Crippen LogP contribution is 2.29. The van der Waals surface area contributed by atoms with Gasteiger partial charge in [0.15, 0.2) is 0 Å². The van der Waals surface area contributed by atoms with Crippen molar-refractivity contribution >= 4 is 17.3 Å². The highest BCUT2D eigenvalue weighted by atomic mass is 16.5. The third kappa shape index (κ3) is 3.11. The molecule has 0 aliphatic carbocycles. The number of nitrogens with zero attached hydrogens (tertiary/aromatic N) is 1. The monoisotopic (exact) mass is 294 g/mol. The molecule has 6 heteroatoms.